The van der Waals surface area contributed by atoms with Crippen molar-refractivity contribution in [3.05, 3.63) is 70.3 Å². The number of aromatic nitrogens is 2. The predicted molar refractivity (Wildman–Crippen MR) is 91.5 cm³/mol. The van der Waals surface area contributed by atoms with Crippen LogP contribution < -0.4 is 15.6 Å². The average molecular weight is 323 g/mol. The van der Waals surface area contributed by atoms with Gasteiger partial charge in [-0.3, -0.25) is 14.0 Å². The molecule has 0 unspecified atom stereocenters. The third-order valence-corrected chi connectivity index (χ3v) is 3.53. The van der Waals surface area contributed by atoms with E-state index in [4.69, 9.17) is 4.74 Å². The Morgan fingerprint density at radius 1 is 1.17 bits per heavy atom. The fourth-order valence-electron chi connectivity index (χ4n) is 2.34. The summed E-state index contributed by atoms with van der Waals surface area (Å²) in [6.07, 6.45) is 1.69. The number of fused-ring (bicyclic) bond motifs is 1. The van der Waals surface area contributed by atoms with Crippen LogP contribution in [0, 0.1) is 13.8 Å². The maximum Gasteiger partial charge on any atom is 0.281 e. The highest BCUT2D eigenvalue weighted by Crippen LogP contribution is 2.11. The van der Waals surface area contributed by atoms with Gasteiger partial charge < -0.3 is 10.1 Å². The van der Waals surface area contributed by atoms with Gasteiger partial charge in [-0.25, -0.2) is 4.98 Å². The van der Waals surface area contributed by atoms with Crippen molar-refractivity contribution in [2.45, 2.75) is 13.8 Å². The van der Waals surface area contributed by atoms with Crippen LogP contribution in [0.1, 0.15) is 11.3 Å². The number of rotatable bonds is 4. The number of benzene rings is 1. The fraction of sp³-hybridized carbons (Fsp3) is 0.167. The lowest BCUT2D eigenvalue weighted by Crippen LogP contribution is -2.28. The van der Waals surface area contributed by atoms with Crippen LogP contribution in [0.15, 0.2) is 53.5 Å². The van der Waals surface area contributed by atoms with Crippen molar-refractivity contribution in [3.63, 3.8) is 0 Å². The number of carbonyl (C=O) groups is 1. The Kier molecular flexibility index (Phi) is 4.29. The molecule has 3 rings (SSSR count). The van der Waals surface area contributed by atoms with Crippen LogP contribution in [0.2, 0.25) is 0 Å². The smallest absolute Gasteiger partial charge is 0.281 e. The normalized spacial score (nSPS) is 10.6. The molecule has 0 radical (unpaired) electrons. The van der Waals surface area contributed by atoms with Gasteiger partial charge in [0.25, 0.3) is 11.5 Å². The second kappa shape index (κ2) is 6.54. The monoisotopic (exact) mass is 323 g/mol. The van der Waals surface area contributed by atoms with Crippen molar-refractivity contribution in [1.82, 2.24) is 9.38 Å². The van der Waals surface area contributed by atoms with Gasteiger partial charge in [0.05, 0.1) is 5.69 Å². The van der Waals surface area contributed by atoms with Crippen LogP contribution in [0.4, 0.5) is 5.69 Å². The molecule has 2 aromatic heterocycles. The fourth-order valence-corrected chi connectivity index (χ4v) is 2.34. The van der Waals surface area contributed by atoms with Crippen molar-refractivity contribution in [1.29, 1.82) is 0 Å². The number of nitrogens with zero attached hydrogens (tertiary/aromatic N) is 2. The molecular weight excluding hydrogens is 306 g/mol. The van der Waals surface area contributed by atoms with Gasteiger partial charge in [-0.05, 0) is 37.6 Å². The summed E-state index contributed by atoms with van der Waals surface area (Å²) in [5, 5.41) is 2.60. The highest BCUT2D eigenvalue weighted by molar-refractivity contribution is 5.92. The quantitative estimate of drug-likeness (QED) is 0.800. The number of carbonyl (C=O) groups excluding carboxylic acids is 1. The average Bonchev–Trinajstić information content (AvgIpc) is 2.58. The van der Waals surface area contributed by atoms with E-state index in [1.54, 1.807) is 31.3 Å². The zero-order valence-electron chi connectivity index (χ0n) is 13.4. The highest BCUT2D eigenvalue weighted by Gasteiger charge is 2.13. The van der Waals surface area contributed by atoms with Gasteiger partial charge in [-0.2, -0.15) is 0 Å². The van der Waals surface area contributed by atoms with E-state index in [-0.39, 0.29) is 17.9 Å². The van der Waals surface area contributed by atoms with Gasteiger partial charge in [-0.15, -0.1) is 0 Å². The summed E-state index contributed by atoms with van der Waals surface area (Å²) in [4.78, 5) is 29.0. The Balaban J connectivity index is 1.81. The van der Waals surface area contributed by atoms with Crippen LogP contribution >= 0.6 is 0 Å². The van der Waals surface area contributed by atoms with Gasteiger partial charge in [0.2, 0.25) is 0 Å². The minimum Gasteiger partial charge on any atom is -0.484 e. The van der Waals surface area contributed by atoms with Crippen LogP contribution in [0.5, 0.6) is 5.75 Å². The summed E-state index contributed by atoms with van der Waals surface area (Å²) in [5.41, 5.74) is 1.80. The Morgan fingerprint density at radius 2 is 1.92 bits per heavy atom. The minimum atomic E-state index is -0.409. The molecule has 0 spiro atoms. The van der Waals surface area contributed by atoms with Gasteiger partial charge in [0, 0.05) is 6.20 Å². The van der Waals surface area contributed by atoms with E-state index >= 15 is 0 Å². The standard InChI is InChI=1S/C18H17N3O3/c1-12-8-9-15-19-13(2)17(18(23)21(15)10-12)20-16(22)11-24-14-6-4-3-5-7-14/h3-10H,11H2,1-2H3,(H,20,22). The third-order valence-electron chi connectivity index (χ3n) is 3.53. The zero-order valence-corrected chi connectivity index (χ0v) is 13.4. The van der Waals surface area contributed by atoms with Crippen LogP contribution in [0.25, 0.3) is 5.65 Å². The van der Waals surface area contributed by atoms with Gasteiger partial charge in [-0.1, -0.05) is 24.3 Å². The molecule has 0 bridgehead atoms. The highest BCUT2D eigenvalue weighted by atomic mass is 16.5. The van der Waals surface area contributed by atoms with Gasteiger partial charge in [0.1, 0.15) is 17.1 Å². The van der Waals surface area contributed by atoms with Gasteiger partial charge >= 0.3 is 0 Å². The van der Waals surface area contributed by atoms with Crippen LogP contribution in [0.3, 0.4) is 0 Å². The summed E-state index contributed by atoms with van der Waals surface area (Å²) in [6, 6.07) is 12.7. The molecule has 122 valence electrons. The Morgan fingerprint density at radius 3 is 2.67 bits per heavy atom. The zero-order chi connectivity index (χ0) is 17.1. The minimum absolute atomic E-state index is 0.166. The van der Waals surface area contributed by atoms with E-state index in [0.29, 0.717) is 17.1 Å². The molecule has 6 nitrogen and oxygen atoms in total. The van der Waals surface area contributed by atoms with Crippen molar-refractivity contribution in [3.8, 4) is 5.75 Å². The topological polar surface area (TPSA) is 72.7 Å². The second-order valence-corrected chi connectivity index (χ2v) is 5.46. The third kappa shape index (κ3) is 3.27. The lowest BCUT2D eigenvalue weighted by atomic mass is 10.3. The number of para-hydroxylation sites is 1. The maximum absolute atomic E-state index is 12.6. The molecule has 0 aliphatic rings. The SMILES string of the molecule is Cc1ccc2nc(C)c(NC(=O)COc3ccccc3)c(=O)n2c1. The predicted octanol–water partition coefficient (Wildman–Crippen LogP) is 2.33. The van der Waals surface area contributed by atoms with Crippen molar-refractivity contribution >= 4 is 17.2 Å². The summed E-state index contributed by atoms with van der Waals surface area (Å²) < 4.78 is 6.81. The molecule has 24 heavy (non-hydrogen) atoms. The Bertz CT molecular complexity index is 949. The van der Waals surface area contributed by atoms with Crippen molar-refractivity contribution in [2.24, 2.45) is 0 Å². The first kappa shape index (κ1) is 15.7. The molecule has 1 amide bonds. The molecule has 0 fully saturated rings. The van der Waals surface area contributed by atoms with E-state index in [0.717, 1.165) is 5.56 Å². The second-order valence-electron chi connectivity index (χ2n) is 5.46. The van der Waals surface area contributed by atoms with E-state index in [1.807, 2.05) is 31.2 Å². The number of hydrogen-bond acceptors (Lipinski definition) is 4. The number of hydrogen-bond donors (Lipinski definition) is 1. The number of nitrogens with one attached hydrogen (secondary N) is 1. The maximum atomic E-state index is 12.6. The summed E-state index contributed by atoms with van der Waals surface area (Å²) in [5.74, 6) is 0.182. The first-order valence-corrected chi connectivity index (χ1v) is 7.52. The molecule has 2 heterocycles. The number of pyridine rings is 1. The molecule has 0 aliphatic heterocycles. The lowest BCUT2D eigenvalue weighted by Gasteiger charge is -2.10. The summed E-state index contributed by atoms with van der Waals surface area (Å²) in [6.45, 7) is 3.39. The van der Waals surface area contributed by atoms with Crippen LogP contribution in [-0.2, 0) is 4.79 Å². The molecule has 1 aromatic carbocycles. The van der Waals surface area contributed by atoms with E-state index in [9.17, 15) is 9.59 Å². The van der Waals surface area contributed by atoms with E-state index < -0.39 is 5.91 Å². The molecule has 0 atom stereocenters. The molecular formula is C18H17N3O3. The summed E-state index contributed by atoms with van der Waals surface area (Å²) in [7, 11) is 0. The Hall–Kier alpha value is -3.15. The molecule has 0 aliphatic carbocycles. The molecule has 1 N–H and O–H groups in total. The first-order valence-electron chi connectivity index (χ1n) is 7.52. The lowest BCUT2D eigenvalue weighted by molar-refractivity contribution is -0.118. The largest absolute Gasteiger partial charge is 0.484 e. The van der Waals surface area contributed by atoms with Crippen molar-refractivity contribution in [2.75, 3.05) is 11.9 Å². The number of ether oxygens (including phenoxy) is 1. The van der Waals surface area contributed by atoms with Crippen LogP contribution in [-0.4, -0.2) is 21.9 Å². The number of amides is 1. The molecule has 0 saturated carbocycles. The van der Waals surface area contributed by atoms with Crippen molar-refractivity contribution < 1.29 is 9.53 Å². The van der Waals surface area contributed by atoms with E-state index in [2.05, 4.69) is 10.3 Å². The molecule has 6 heteroatoms. The molecule has 3 aromatic rings. The number of aryl methyl sites for hydroxylation is 2. The van der Waals surface area contributed by atoms with Gasteiger partial charge in [0.15, 0.2) is 6.61 Å². The number of anilines is 1. The Labute approximate surface area is 138 Å². The first-order chi connectivity index (χ1) is 11.5. The van der Waals surface area contributed by atoms with E-state index in [1.165, 1.54) is 4.40 Å². The summed E-state index contributed by atoms with van der Waals surface area (Å²) >= 11 is 0. The molecule has 0 saturated heterocycles.